The zero-order chi connectivity index (χ0) is 15.2. The van der Waals surface area contributed by atoms with Gasteiger partial charge < -0.3 is 15.0 Å². The highest BCUT2D eigenvalue weighted by Gasteiger charge is 2.17. The van der Waals surface area contributed by atoms with Gasteiger partial charge in [0.1, 0.15) is 11.6 Å². The fourth-order valence-corrected chi connectivity index (χ4v) is 2.41. The minimum Gasteiger partial charge on any atom is -0.491 e. The van der Waals surface area contributed by atoms with Gasteiger partial charge in [-0.1, -0.05) is 12.8 Å². The molecule has 2 amide bonds. The number of hydrogen-bond acceptors (Lipinski definition) is 2. The summed E-state index contributed by atoms with van der Waals surface area (Å²) in [6.45, 7) is 5.24. The van der Waals surface area contributed by atoms with Crippen molar-refractivity contribution in [1.29, 1.82) is 0 Å². The summed E-state index contributed by atoms with van der Waals surface area (Å²) in [5.41, 5.74) is 0.195. The number of anilines is 1. The molecule has 1 heterocycles. The average Bonchev–Trinajstić information content (AvgIpc) is 2.70. The van der Waals surface area contributed by atoms with E-state index in [0.29, 0.717) is 5.75 Å². The number of likely N-dealkylation sites (tertiary alicyclic amines) is 1. The first kappa shape index (κ1) is 15.6. The number of rotatable bonds is 3. The first-order valence-electron chi connectivity index (χ1n) is 7.58. The van der Waals surface area contributed by atoms with Crippen LogP contribution in [0.1, 0.15) is 39.5 Å². The lowest BCUT2D eigenvalue weighted by molar-refractivity contribution is 0.213. The lowest BCUT2D eigenvalue weighted by Gasteiger charge is -2.21. The van der Waals surface area contributed by atoms with Crippen LogP contribution in [-0.4, -0.2) is 30.1 Å². The third-order valence-electron chi connectivity index (χ3n) is 3.45. The van der Waals surface area contributed by atoms with Crippen LogP contribution in [0.5, 0.6) is 5.75 Å². The molecule has 1 aromatic rings. The maximum atomic E-state index is 14.0. The fourth-order valence-electron chi connectivity index (χ4n) is 2.41. The summed E-state index contributed by atoms with van der Waals surface area (Å²) in [4.78, 5) is 13.9. The number of benzene rings is 1. The Labute approximate surface area is 125 Å². The number of carbonyl (C=O) groups excluding carboxylic acids is 1. The molecule has 0 atom stereocenters. The van der Waals surface area contributed by atoms with Gasteiger partial charge in [0.25, 0.3) is 0 Å². The number of ether oxygens (including phenoxy) is 1. The van der Waals surface area contributed by atoms with E-state index in [1.165, 1.54) is 6.07 Å². The van der Waals surface area contributed by atoms with Gasteiger partial charge >= 0.3 is 6.03 Å². The fraction of sp³-hybridized carbons (Fsp3) is 0.562. The van der Waals surface area contributed by atoms with Crippen LogP contribution in [0.2, 0.25) is 0 Å². The highest BCUT2D eigenvalue weighted by Crippen LogP contribution is 2.22. The third-order valence-corrected chi connectivity index (χ3v) is 3.45. The normalized spacial score (nSPS) is 15.7. The number of carbonyl (C=O) groups is 1. The molecule has 0 radical (unpaired) electrons. The first-order chi connectivity index (χ1) is 10.1. The van der Waals surface area contributed by atoms with Gasteiger partial charge in [-0.2, -0.15) is 0 Å². The highest BCUT2D eigenvalue weighted by molar-refractivity contribution is 5.89. The Bertz CT molecular complexity index is 483. The summed E-state index contributed by atoms with van der Waals surface area (Å²) in [5, 5.41) is 2.64. The van der Waals surface area contributed by atoms with Crippen molar-refractivity contribution in [2.45, 2.75) is 45.6 Å². The van der Waals surface area contributed by atoms with Gasteiger partial charge in [0, 0.05) is 19.2 Å². The molecule has 1 aromatic carbocycles. The summed E-state index contributed by atoms with van der Waals surface area (Å²) >= 11 is 0. The van der Waals surface area contributed by atoms with Crippen LogP contribution >= 0.6 is 0 Å². The van der Waals surface area contributed by atoms with E-state index in [4.69, 9.17) is 4.74 Å². The summed E-state index contributed by atoms with van der Waals surface area (Å²) in [5.74, 6) is -0.00778. The second-order valence-corrected chi connectivity index (χ2v) is 5.64. The minimum atomic E-state index is -0.476. The highest BCUT2D eigenvalue weighted by atomic mass is 19.1. The Morgan fingerprint density at radius 1 is 1.24 bits per heavy atom. The largest absolute Gasteiger partial charge is 0.491 e. The lowest BCUT2D eigenvalue weighted by Crippen LogP contribution is -2.35. The van der Waals surface area contributed by atoms with E-state index in [1.54, 1.807) is 17.0 Å². The van der Waals surface area contributed by atoms with Crippen LogP contribution in [0.4, 0.5) is 14.9 Å². The van der Waals surface area contributed by atoms with Crippen LogP contribution < -0.4 is 10.1 Å². The van der Waals surface area contributed by atoms with Gasteiger partial charge in [0.2, 0.25) is 0 Å². The van der Waals surface area contributed by atoms with Gasteiger partial charge in [-0.05, 0) is 38.8 Å². The van der Waals surface area contributed by atoms with Crippen LogP contribution in [0.3, 0.4) is 0 Å². The molecular weight excluding hydrogens is 271 g/mol. The summed E-state index contributed by atoms with van der Waals surface area (Å²) in [6, 6.07) is 4.29. The molecule has 1 fully saturated rings. The number of urea groups is 1. The zero-order valence-electron chi connectivity index (χ0n) is 12.7. The minimum absolute atomic E-state index is 0.0121. The summed E-state index contributed by atoms with van der Waals surface area (Å²) in [7, 11) is 0. The third kappa shape index (κ3) is 4.62. The molecule has 1 saturated heterocycles. The number of hydrogen-bond donors (Lipinski definition) is 1. The van der Waals surface area contributed by atoms with E-state index in [1.807, 2.05) is 13.8 Å². The molecule has 116 valence electrons. The SMILES string of the molecule is CC(C)Oc1ccc(NC(=O)N2CCCCCC2)c(F)c1. The van der Waals surface area contributed by atoms with Crippen molar-refractivity contribution in [3.8, 4) is 5.75 Å². The van der Waals surface area contributed by atoms with Crippen molar-refractivity contribution in [1.82, 2.24) is 4.90 Å². The monoisotopic (exact) mass is 294 g/mol. The zero-order valence-corrected chi connectivity index (χ0v) is 12.7. The van der Waals surface area contributed by atoms with Crippen molar-refractivity contribution in [2.24, 2.45) is 0 Å². The van der Waals surface area contributed by atoms with Crippen molar-refractivity contribution in [2.75, 3.05) is 18.4 Å². The van der Waals surface area contributed by atoms with Crippen molar-refractivity contribution >= 4 is 11.7 Å². The molecule has 21 heavy (non-hydrogen) atoms. The molecule has 0 bridgehead atoms. The van der Waals surface area contributed by atoms with Crippen molar-refractivity contribution < 1.29 is 13.9 Å². The summed E-state index contributed by atoms with van der Waals surface area (Å²) in [6.07, 6.45) is 4.31. The molecule has 4 nitrogen and oxygen atoms in total. The van der Waals surface area contributed by atoms with E-state index in [-0.39, 0.29) is 17.8 Å². The molecule has 0 unspecified atom stereocenters. The Balaban J connectivity index is 1.99. The second kappa shape index (κ2) is 7.29. The standard InChI is InChI=1S/C16H23FN2O2/c1-12(2)21-13-7-8-15(14(17)11-13)18-16(20)19-9-5-3-4-6-10-19/h7-8,11-12H,3-6,9-10H2,1-2H3,(H,18,20). The Morgan fingerprint density at radius 3 is 2.48 bits per heavy atom. The predicted octanol–water partition coefficient (Wildman–Crippen LogP) is 4.02. The van der Waals surface area contributed by atoms with Crippen LogP contribution in [0.15, 0.2) is 18.2 Å². The van der Waals surface area contributed by atoms with Crippen molar-refractivity contribution in [3.05, 3.63) is 24.0 Å². The molecule has 0 aromatic heterocycles. The molecule has 1 aliphatic heterocycles. The lowest BCUT2D eigenvalue weighted by atomic mass is 10.2. The second-order valence-electron chi connectivity index (χ2n) is 5.64. The van der Waals surface area contributed by atoms with E-state index in [9.17, 15) is 9.18 Å². The molecule has 0 spiro atoms. The van der Waals surface area contributed by atoms with Gasteiger partial charge in [-0.3, -0.25) is 0 Å². The number of nitrogens with one attached hydrogen (secondary N) is 1. The number of nitrogens with zero attached hydrogens (tertiary/aromatic N) is 1. The quantitative estimate of drug-likeness (QED) is 0.914. The van der Waals surface area contributed by atoms with Gasteiger partial charge in [0.05, 0.1) is 11.8 Å². The maximum absolute atomic E-state index is 14.0. The molecule has 5 heteroatoms. The Morgan fingerprint density at radius 2 is 1.90 bits per heavy atom. The van der Waals surface area contributed by atoms with E-state index >= 15 is 0 Å². The van der Waals surface area contributed by atoms with E-state index < -0.39 is 5.82 Å². The van der Waals surface area contributed by atoms with E-state index in [0.717, 1.165) is 38.8 Å². The smallest absolute Gasteiger partial charge is 0.321 e. The Hall–Kier alpha value is -1.78. The molecule has 0 saturated carbocycles. The molecule has 0 aliphatic carbocycles. The van der Waals surface area contributed by atoms with E-state index in [2.05, 4.69) is 5.32 Å². The van der Waals surface area contributed by atoms with Gasteiger partial charge in [-0.15, -0.1) is 0 Å². The predicted molar refractivity (Wildman–Crippen MR) is 81.2 cm³/mol. The van der Waals surface area contributed by atoms with Crippen molar-refractivity contribution in [3.63, 3.8) is 0 Å². The molecular formula is C16H23FN2O2. The summed E-state index contributed by atoms with van der Waals surface area (Å²) < 4.78 is 19.4. The first-order valence-corrected chi connectivity index (χ1v) is 7.58. The van der Waals surface area contributed by atoms with Gasteiger partial charge in [0.15, 0.2) is 0 Å². The molecule has 2 rings (SSSR count). The maximum Gasteiger partial charge on any atom is 0.321 e. The number of halogens is 1. The van der Waals surface area contributed by atoms with Crippen LogP contribution in [0, 0.1) is 5.82 Å². The number of amides is 2. The topological polar surface area (TPSA) is 41.6 Å². The molecule has 1 N–H and O–H groups in total. The average molecular weight is 294 g/mol. The van der Waals surface area contributed by atoms with Crippen LogP contribution in [0.25, 0.3) is 0 Å². The van der Waals surface area contributed by atoms with Gasteiger partial charge in [-0.25, -0.2) is 9.18 Å². The Kier molecular flexibility index (Phi) is 5.42. The van der Waals surface area contributed by atoms with Crippen LogP contribution in [-0.2, 0) is 0 Å². The molecule has 1 aliphatic rings.